The third-order valence-corrected chi connectivity index (χ3v) is 12.6. The molecule has 7 rings (SSSR count). The molecule has 0 unspecified atom stereocenters. The maximum absolute atomic E-state index is 6.95. The summed E-state index contributed by atoms with van der Waals surface area (Å²) in [4.78, 5) is 0. The molecule has 2 saturated carbocycles. The van der Waals surface area contributed by atoms with Crippen molar-refractivity contribution in [2.24, 2.45) is 11.8 Å². The first kappa shape index (κ1) is 18.5. The summed E-state index contributed by atoms with van der Waals surface area (Å²) < 4.78 is 13.9. The van der Waals surface area contributed by atoms with Crippen LogP contribution >= 0.6 is 6.41 Å². The molecule has 0 saturated heterocycles. The molecule has 2 bridgehead atoms. The van der Waals surface area contributed by atoms with Crippen LogP contribution in [0.15, 0.2) is 72.8 Å². The topological polar surface area (TPSA) is 18.5 Å². The van der Waals surface area contributed by atoms with Crippen molar-refractivity contribution in [3.63, 3.8) is 0 Å². The molecule has 0 amide bonds. The van der Waals surface area contributed by atoms with Crippen LogP contribution in [0.1, 0.15) is 25.7 Å². The van der Waals surface area contributed by atoms with Crippen LogP contribution in [0.4, 0.5) is 0 Å². The van der Waals surface area contributed by atoms with Crippen molar-refractivity contribution in [2.45, 2.75) is 31.3 Å². The van der Waals surface area contributed by atoms with Crippen LogP contribution in [0.3, 0.4) is 0 Å². The van der Waals surface area contributed by atoms with Gasteiger partial charge in [-0.1, -0.05) is 0 Å². The zero-order valence-corrected chi connectivity index (χ0v) is 19.8. The van der Waals surface area contributed by atoms with E-state index in [0.717, 1.165) is 23.3 Å². The monoisotopic (exact) mass is 490 g/mol. The van der Waals surface area contributed by atoms with E-state index in [9.17, 15) is 0 Å². The molecule has 31 heavy (non-hydrogen) atoms. The summed E-state index contributed by atoms with van der Waals surface area (Å²) in [6, 6.07) is 26.0. The zero-order chi connectivity index (χ0) is 20.6. The molecule has 0 radical (unpaired) electrons. The van der Waals surface area contributed by atoms with Gasteiger partial charge in [-0.3, -0.25) is 0 Å². The van der Waals surface area contributed by atoms with Gasteiger partial charge in [0, 0.05) is 0 Å². The summed E-state index contributed by atoms with van der Waals surface area (Å²) in [5.74, 6) is 3.50. The van der Waals surface area contributed by atoms with Crippen molar-refractivity contribution >= 4 is 43.5 Å². The summed E-state index contributed by atoms with van der Waals surface area (Å²) in [5, 5.41) is 4.91. The molecule has 154 valence electrons. The Morgan fingerprint density at radius 1 is 0.677 bits per heavy atom. The van der Waals surface area contributed by atoms with Crippen LogP contribution in [0.2, 0.25) is 0 Å². The van der Waals surface area contributed by atoms with Crippen LogP contribution in [0.5, 0.6) is 11.5 Å². The van der Waals surface area contributed by atoms with Crippen molar-refractivity contribution in [1.82, 2.24) is 0 Å². The van der Waals surface area contributed by atoms with Crippen LogP contribution in [0.25, 0.3) is 32.7 Å². The number of benzene rings is 4. The average molecular weight is 489 g/mol. The normalized spacial score (nSPS) is 25.5. The second-order valence-corrected chi connectivity index (χ2v) is 14.6. The van der Waals surface area contributed by atoms with E-state index in [1.807, 2.05) is 0 Å². The molecule has 4 heteroatoms. The second kappa shape index (κ2) is 6.72. The third kappa shape index (κ3) is 2.74. The summed E-state index contributed by atoms with van der Waals surface area (Å²) in [6.45, 7) is 0. The molecule has 0 spiro atoms. The molecule has 0 aromatic heterocycles. The molecule has 1 heterocycles. The molecular weight excluding hydrogens is 466 g/mol. The number of hydrogen-bond acceptors (Lipinski definition) is 2. The molecule has 4 aromatic rings. The predicted molar refractivity (Wildman–Crippen MR) is 130 cm³/mol. The molecule has 3 atom stereocenters. The van der Waals surface area contributed by atoms with Crippen LogP contribution in [-0.2, 0) is 0 Å². The predicted octanol–water partition coefficient (Wildman–Crippen LogP) is 7.55. The van der Waals surface area contributed by atoms with Gasteiger partial charge in [0.1, 0.15) is 0 Å². The van der Waals surface area contributed by atoms with E-state index in [4.69, 9.17) is 9.05 Å². The Balaban J connectivity index is 1.54. The van der Waals surface area contributed by atoms with E-state index in [-0.39, 0.29) is 0 Å². The molecular formula is C27H23O2PSe. The first-order valence-corrected chi connectivity index (χ1v) is 15.1. The van der Waals surface area contributed by atoms with Crippen molar-refractivity contribution < 1.29 is 9.05 Å². The van der Waals surface area contributed by atoms with Gasteiger partial charge in [-0.2, -0.15) is 0 Å². The van der Waals surface area contributed by atoms with Crippen molar-refractivity contribution in [1.29, 1.82) is 0 Å². The van der Waals surface area contributed by atoms with Crippen molar-refractivity contribution in [3.8, 4) is 22.6 Å². The molecule has 4 aromatic carbocycles. The van der Waals surface area contributed by atoms with Crippen LogP contribution in [-0.4, -0.2) is 21.2 Å². The molecule has 3 aliphatic rings. The first-order chi connectivity index (χ1) is 15.2. The fourth-order valence-corrected chi connectivity index (χ4v) is 11.3. The van der Waals surface area contributed by atoms with Gasteiger partial charge in [-0.15, -0.1) is 0 Å². The maximum atomic E-state index is 6.95. The third-order valence-electron chi connectivity index (χ3n) is 7.59. The van der Waals surface area contributed by atoms with Crippen LogP contribution < -0.4 is 9.05 Å². The van der Waals surface area contributed by atoms with Gasteiger partial charge < -0.3 is 0 Å². The van der Waals surface area contributed by atoms with Crippen molar-refractivity contribution in [3.05, 3.63) is 72.8 Å². The molecule has 2 fully saturated rings. The van der Waals surface area contributed by atoms with E-state index in [2.05, 4.69) is 88.4 Å². The molecule has 1 aliphatic heterocycles. The summed E-state index contributed by atoms with van der Waals surface area (Å²) in [6.07, 6.45) is 3.03. The average Bonchev–Trinajstić information content (AvgIpc) is 3.40. The first-order valence-electron chi connectivity index (χ1n) is 11.2. The van der Waals surface area contributed by atoms with Gasteiger partial charge in [0.25, 0.3) is 0 Å². The molecule has 2 aliphatic carbocycles. The van der Waals surface area contributed by atoms with Gasteiger partial charge in [0.05, 0.1) is 0 Å². The van der Waals surface area contributed by atoms with E-state index in [1.54, 1.807) is 0 Å². The minimum atomic E-state index is -2.24. The van der Waals surface area contributed by atoms with Gasteiger partial charge in [-0.05, 0) is 0 Å². The SMILES string of the molecule is [Se-][P+]1([C@@H]2C[C@H]3CC[C@@H]2C3)Oc2ccc3ccccc3c2-c2c(ccc3ccccc23)O1. The number of hydrogen-bond donors (Lipinski definition) is 0. The summed E-state index contributed by atoms with van der Waals surface area (Å²) in [5.41, 5.74) is 2.83. The van der Waals surface area contributed by atoms with Crippen LogP contribution in [0, 0.1) is 11.8 Å². The Kier molecular flexibility index (Phi) is 4.02. The van der Waals surface area contributed by atoms with Gasteiger partial charge in [0.15, 0.2) is 0 Å². The Hall–Kier alpha value is -2.05. The number of rotatable bonds is 1. The van der Waals surface area contributed by atoms with E-state index < -0.39 is 6.41 Å². The van der Waals surface area contributed by atoms with E-state index in [1.165, 1.54) is 58.4 Å². The fourth-order valence-electron chi connectivity index (χ4n) is 6.20. The Labute approximate surface area is 190 Å². The Morgan fingerprint density at radius 2 is 1.26 bits per heavy atom. The zero-order valence-electron chi connectivity index (χ0n) is 17.2. The Morgan fingerprint density at radius 3 is 1.77 bits per heavy atom. The summed E-state index contributed by atoms with van der Waals surface area (Å²) >= 11 is 3.50. The fraction of sp³-hybridized carbons (Fsp3) is 0.259. The van der Waals surface area contributed by atoms with E-state index >= 15 is 0 Å². The molecule has 2 nitrogen and oxygen atoms in total. The van der Waals surface area contributed by atoms with Gasteiger partial charge in [-0.25, -0.2) is 0 Å². The number of fused-ring (bicyclic) bond motifs is 9. The van der Waals surface area contributed by atoms with Gasteiger partial charge >= 0.3 is 191 Å². The second-order valence-electron chi connectivity index (χ2n) is 9.28. The van der Waals surface area contributed by atoms with Crippen molar-refractivity contribution in [2.75, 3.05) is 0 Å². The van der Waals surface area contributed by atoms with E-state index in [0.29, 0.717) is 5.66 Å². The standard InChI is InChI=1S/C27H23O2PSe/c31-30(25-16-17-9-10-20(25)15-17)28-23-13-11-18-5-1-3-7-21(18)26(23)27-22-8-4-2-6-19(22)12-14-24(27)29-30/h1-8,11-14,17,20,25H,9-10,15-16H2/t17-,20+,25+/m0/s1. The van der Waals surface area contributed by atoms with Gasteiger partial charge in [0.2, 0.25) is 0 Å². The summed E-state index contributed by atoms with van der Waals surface area (Å²) in [7, 11) is 0. The minimum absolute atomic E-state index is 0.489. The molecule has 0 N–H and O–H groups in total. The quantitative estimate of drug-likeness (QED) is 0.203. The Bertz CT molecular complexity index is 1260.